The quantitative estimate of drug-likeness (QED) is 0.813. The zero-order chi connectivity index (χ0) is 17.8. The Kier molecular flexibility index (Phi) is 6.02. The smallest absolute Gasteiger partial charge is 0.261 e. The van der Waals surface area contributed by atoms with Gasteiger partial charge in [0.2, 0.25) is 0 Å². The Morgan fingerprint density at radius 3 is 1.62 bits per heavy atom. The third kappa shape index (κ3) is 3.80. The van der Waals surface area contributed by atoms with Crippen molar-refractivity contribution in [1.82, 2.24) is 0 Å². The summed E-state index contributed by atoms with van der Waals surface area (Å²) in [5.74, 6) is 0.103. The largest absolute Gasteiger partial charge is 0.407 e. The number of aliphatic hydroxyl groups is 1. The first-order valence-electron chi connectivity index (χ1n) is 8.72. The average Bonchev–Trinajstić information content (AvgIpc) is 2.56. The molecule has 0 saturated heterocycles. The lowest BCUT2D eigenvalue weighted by molar-refractivity contribution is 0.0959. The van der Waals surface area contributed by atoms with E-state index in [0.717, 1.165) is 0 Å². The Morgan fingerprint density at radius 1 is 0.875 bits per heavy atom. The van der Waals surface area contributed by atoms with Crippen molar-refractivity contribution >= 4 is 18.7 Å². The zero-order valence-corrected chi connectivity index (χ0v) is 16.5. The van der Waals surface area contributed by atoms with Crippen LogP contribution in [0.2, 0.25) is 5.04 Å². The van der Waals surface area contributed by atoms with E-state index < -0.39 is 8.32 Å². The molecule has 0 spiro atoms. The van der Waals surface area contributed by atoms with Crippen LogP contribution in [-0.4, -0.2) is 26.1 Å². The molecule has 0 heterocycles. The van der Waals surface area contributed by atoms with Crippen LogP contribution in [0.3, 0.4) is 0 Å². The molecule has 0 aliphatic heterocycles. The van der Waals surface area contributed by atoms with Gasteiger partial charge in [0.25, 0.3) is 8.32 Å². The first-order valence-corrected chi connectivity index (χ1v) is 10.6. The fourth-order valence-corrected chi connectivity index (χ4v) is 7.83. The second-order valence-electron chi connectivity index (χ2n) is 7.69. The summed E-state index contributed by atoms with van der Waals surface area (Å²) in [7, 11) is -2.47. The maximum Gasteiger partial charge on any atom is 0.261 e. The molecule has 1 unspecified atom stereocenters. The van der Waals surface area contributed by atoms with Crippen molar-refractivity contribution < 1.29 is 9.53 Å². The number of hydrogen-bond acceptors (Lipinski definition) is 2. The van der Waals surface area contributed by atoms with E-state index in [4.69, 9.17) is 4.43 Å². The molecule has 0 amide bonds. The standard InChI is InChI=1S/C21H30O2Si/c1-17(18(2)22)16-23-24(21(3,4)5,19-12-8-6-9-13-19)20-14-10-7-11-15-20/h6-15,17-18,22H,16H2,1-5H3/t17-,18?/m0/s1. The van der Waals surface area contributed by atoms with Gasteiger partial charge >= 0.3 is 0 Å². The summed E-state index contributed by atoms with van der Waals surface area (Å²) >= 11 is 0. The molecule has 3 heteroatoms. The highest BCUT2D eigenvalue weighted by atomic mass is 28.4. The molecule has 0 saturated carbocycles. The lowest BCUT2D eigenvalue weighted by Crippen LogP contribution is -2.67. The second-order valence-corrected chi connectivity index (χ2v) is 12.0. The molecule has 130 valence electrons. The van der Waals surface area contributed by atoms with Gasteiger partial charge in [0.15, 0.2) is 0 Å². The molecule has 0 aliphatic rings. The molecule has 24 heavy (non-hydrogen) atoms. The van der Waals surface area contributed by atoms with Crippen LogP contribution in [-0.2, 0) is 4.43 Å². The van der Waals surface area contributed by atoms with Gasteiger partial charge in [0.05, 0.1) is 6.10 Å². The minimum absolute atomic E-state index is 0.0197. The van der Waals surface area contributed by atoms with E-state index >= 15 is 0 Å². The minimum atomic E-state index is -2.47. The summed E-state index contributed by atoms with van der Waals surface area (Å²) in [5, 5.41) is 12.4. The third-order valence-corrected chi connectivity index (χ3v) is 9.81. The topological polar surface area (TPSA) is 29.5 Å². The van der Waals surface area contributed by atoms with Crippen molar-refractivity contribution in [2.45, 2.75) is 45.8 Å². The lowest BCUT2D eigenvalue weighted by Gasteiger charge is -2.43. The highest BCUT2D eigenvalue weighted by Gasteiger charge is 2.50. The summed E-state index contributed by atoms with van der Waals surface area (Å²) in [6, 6.07) is 21.2. The molecule has 0 bridgehead atoms. The first-order chi connectivity index (χ1) is 11.3. The summed E-state index contributed by atoms with van der Waals surface area (Å²) in [4.78, 5) is 0. The summed E-state index contributed by atoms with van der Waals surface area (Å²) < 4.78 is 6.77. The Hall–Kier alpha value is -1.42. The molecular formula is C21H30O2Si. The Labute approximate surface area is 147 Å². The van der Waals surface area contributed by atoms with Crippen molar-refractivity contribution in [1.29, 1.82) is 0 Å². The fourth-order valence-electron chi connectivity index (χ4n) is 3.16. The predicted molar refractivity (Wildman–Crippen MR) is 104 cm³/mol. The van der Waals surface area contributed by atoms with E-state index in [0.29, 0.717) is 6.61 Å². The Morgan fingerprint density at radius 2 is 1.29 bits per heavy atom. The summed E-state index contributed by atoms with van der Waals surface area (Å²) in [6.07, 6.45) is -0.372. The van der Waals surface area contributed by atoms with Gasteiger partial charge in [-0.1, -0.05) is 88.4 Å². The number of benzene rings is 2. The van der Waals surface area contributed by atoms with Crippen LogP contribution in [0.25, 0.3) is 0 Å². The molecule has 1 N–H and O–H groups in total. The summed E-state index contributed by atoms with van der Waals surface area (Å²) in [5.41, 5.74) is 0. The van der Waals surface area contributed by atoms with Crippen LogP contribution in [0.15, 0.2) is 60.7 Å². The SMILES string of the molecule is CC(O)[C@@H](C)CO[Si](c1ccccc1)(c1ccccc1)C(C)(C)C. The van der Waals surface area contributed by atoms with Crippen LogP contribution < -0.4 is 10.4 Å². The van der Waals surface area contributed by atoms with E-state index in [1.807, 2.05) is 13.8 Å². The maximum absolute atomic E-state index is 9.90. The Balaban J connectivity index is 2.57. The van der Waals surface area contributed by atoms with Gasteiger partial charge < -0.3 is 9.53 Å². The van der Waals surface area contributed by atoms with Crippen molar-refractivity contribution in [2.24, 2.45) is 5.92 Å². The molecule has 0 fully saturated rings. The van der Waals surface area contributed by atoms with Crippen molar-refractivity contribution in [2.75, 3.05) is 6.61 Å². The summed E-state index contributed by atoms with van der Waals surface area (Å²) in [6.45, 7) is 11.2. The van der Waals surface area contributed by atoms with Gasteiger partial charge in [-0.25, -0.2) is 0 Å². The maximum atomic E-state index is 9.90. The van der Waals surface area contributed by atoms with Gasteiger partial charge in [0, 0.05) is 12.5 Å². The molecule has 2 rings (SSSR count). The Bertz CT molecular complexity index is 578. The van der Waals surface area contributed by atoms with Gasteiger partial charge in [0.1, 0.15) is 0 Å². The van der Waals surface area contributed by atoms with Crippen LogP contribution in [0.4, 0.5) is 0 Å². The molecule has 2 nitrogen and oxygen atoms in total. The second kappa shape index (κ2) is 7.64. The van der Waals surface area contributed by atoms with Crippen LogP contribution >= 0.6 is 0 Å². The molecule has 2 atom stereocenters. The number of rotatable bonds is 6. The lowest BCUT2D eigenvalue weighted by atomic mass is 10.1. The van der Waals surface area contributed by atoms with Gasteiger partial charge in [-0.15, -0.1) is 0 Å². The predicted octanol–water partition coefficient (Wildman–Crippen LogP) is 3.58. The number of hydrogen-bond donors (Lipinski definition) is 1. The van der Waals surface area contributed by atoms with E-state index in [9.17, 15) is 5.11 Å². The zero-order valence-electron chi connectivity index (χ0n) is 15.5. The van der Waals surface area contributed by atoms with E-state index in [1.54, 1.807) is 0 Å². The van der Waals surface area contributed by atoms with Crippen molar-refractivity contribution in [3.63, 3.8) is 0 Å². The van der Waals surface area contributed by atoms with Crippen molar-refractivity contribution in [3.8, 4) is 0 Å². The fraction of sp³-hybridized carbons (Fsp3) is 0.429. The molecule has 2 aromatic carbocycles. The van der Waals surface area contributed by atoms with E-state index in [1.165, 1.54) is 10.4 Å². The molecule has 0 aliphatic carbocycles. The third-order valence-electron chi connectivity index (χ3n) is 4.80. The van der Waals surface area contributed by atoms with Gasteiger partial charge in [-0.3, -0.25) is 0 Å². The van der Waals surface area contributed by atoms with Crippen molar-refractivity contribution in [3.05, 3.63) is 60.7 Å². The molecule has 0 aromatic heterocycles. The van der Waals surface area contributed by atoms with Crippen LogP contribution in [0.5, 0.6) is 0 Å². The van der Waals surface area contributed by atoms with Gasteiger partial charge in [-0.2, -0.15) is 0 Å². The van der Waals surface area contributed by atoms with Crippen LogP contribution in [0.1, 0.15) is 34.6 Å². The van der Waals surface area contributed by atoms with Gasteiger partial charge in [-0.05, 0) is 22.3 Å². The average molecular weight is 343 g/mol. The molecular weight excluding hydrogens is 312 g/mol. The van der Waals surface area contributed by atoms with Crippen LogP contribution in [0, 0.1) is 5.92 Å². The van der Waals surface area contributed by atoms with E-state index in [-0.39, 0.29) is 17.1 Å². The van der Waals surface area contributed by atoms with E-state index in [2.05, 4.69) is 81.4 Å². The monoisotopic (exact) mass is 342 g/mol. The normalized spacial score (nSPS) is 15.1. The first kappa shape index (κ1) is 18.9. The highest BCUT2D eigenvalue weighted by Crippen LogP contribution is 2.37. The molecule has 2 aromatic rings. The minimum Gasteiger partial charge on any atom is -0.407 e. The number of aliphatic hydroxyl groups excluding tert-OH is 1. The highest BCUT2D eigenvalue weighted by molar-refractivity contribution is 6.99. The molecule has 0 radical (unpaired) electrons.